The minimum atomic E-state index is -0.630. The maximum atomic E-state index is 10.8. The monoisotopic (exact) mass is 367 g/mol. The molecule has 11 nitrogen and oxygen atoms in total. The molecule has 3 aromatic rings. The Hall–Kier alpha value is -4.28. The number of fused-ring (bicyclic) bond motifs is 1. The zero-order valence-electron chi connectivity index (χ0n) is 13.7. The summed E-state index contributed by atoms with van der Waals surface area (Å²) in [6, 6.07) is 9.19. The van der Waals surface area contributed by atoms with Gasteiger partial charge in [-0.05, 0) is 30.3 Å². The van der Waals surface area contributed by atoms with Crippen LogP contribution in [-0.4, -0.2) is 24.9 Å². The highest BCUT2D eigenvalue weighted by Gasteiger charge is 2.23. The van der Waals surface area contributed by atoms with Crippen LogP contribution >= 0.6 is 0 Å². The summed E-state index contributed by atoms with van der Waals surface area (Å²) in [5.41, 5.74) is 10.7. The lowest BCUT2D eigenvalue weighted by atomic mass is 10.2. The molecule has 5 N–H and O–H groups in total. The summed E-state index contributed by atoms with van der Waals surface area (Å²) in [5.74, 6) is 0.640. The van der Waals surface area contributed by atoms with Crippen LogP contribution in [0, 0.1) is 10.1 Å². The van der Waals surface area contributed by atoms with Crippen LogP contribution in [0.4, 0.5) is 11.6 Å². The fourth-order valence-corrected chi connectivity index (χ4v) is 2.44. The molecule has 1 aromatic carbocycles. The van der Waals surface area contributed by atoms with Crippen LogP contribution in [0.3, 0.4) is 0 Å². The molecule has 27 heavy (non-hydrogen) atoms. The predicted molar refractivity (Wildman–Crippen MR) is 95.7 cm³/mol. The Balaban J connectivity index is 1.62. The Morgan fingerprint density at radius 3 is 2.74 bits per heavy atom. The predicted octanol–water partition coefficient (Wildman–Crippen LogP) is 1.96. The molecule has 11 heteroatoms. The molecule has 0 amide bonds. The molecule has 1 aliphatic heterocycles. The first kappa shape index (κ1) is 16.2. The van der Waals surface area contributed by atoms with Gasteiger partial charge in [-0.2, -0.15) is 0 Å². The number of nitrogens with zero attached hydrogens (tertiary/aromatic N) is 4. The minimum absolute atomic E-state index is 0.162. The average Bonchev–Trinajstić information content (AvgIpc) is 3.27. The van der Waals surface area contributed by atoms with Crippen LogP contribution in [0.5, 0.6) is 5.75 Å². The molecule has 0 saturated carbocycles. The van der Waals surface area contributed by atoms with Gasteiger partial charge in [0.15, 0.2) is 11.6 Å². The normalized spacial score (nSPS) is 14.4. The molecule has 0 saturated heterocycles. The van der Waals surface area contributed by atoms with Crippen LogP contribution in [0.2, 0.25) is 0 Å². The summed E-state index contributed by atoms with van der Waals surface area (Å²) in [5, 5.41) is 31.2. The van der Waals surface area contributed by atoms with Crippen molar-refractivity contribution >= 4 is 17.6 Å². The van der Waals surface area contributed by atoms with Crippen LogP contribution < -0.4 is 16.5 Å². The third kappa shape index (κ3) is 3.04. The molecule has 136 valence electrons. The van der Waals surface area contributed by atoms with E-state index in [0.717, 1.165) is 5.69 Å². The van der Waals surface area contributed by atoms with Crippen LogP contribution in [-0.2, 0) is 0 Å². The van der Waals surface area contributed by atoms with Gasteiger partial charge in [0, 0.05) is 18.0 Å². The number of aromatic nitrogens is 3. The average molecular weight is 367 g/mol. The van der Waals surface area contributed by atoms with Crippen molar-refractivity contribution < 1.29 is 14.4 Å². The van der Waals surface area contributed by atoms with Crippen molar-refractivity contribution in [3.63, 3.8) is 0 Å². The first-order valence-corrected chi connectivity index (χ1v) is 7.71. The second kappa shape index (κ2) is 6.22. The third-order valence-electron chi connectivity index (χ3n) is 3.76. The van der Waals surface area contributed by atoms with Gasteiger partial charge in [0.2, 0.25) is 5.82 Å². The lowest BCUT2D eigenvalue weighted by molar-refractivity contribution is -0.401. The smallest absolute Gasteiger partial charge is 0.433 e. The molecule has 0 aliphatic carbocycles. The summed E-state index contributed by atoms with van der Waals surface area (Å²) in [6.45, 7) is 0. The fourth-order valence-electron chi connectivity index (χ4n) is 2.44. The first-order chi connectivity index (χ1) is 13.0. The van der Waals surface area contributed by atoms with E-state index in [1.54, 1.807) is 36.5 Å². The number of furan rings is 1. The van der Waals surface area contributed by atoms with Crippen molar-refractivity contribution in [2.45, 2.75) is 0 Å². The number of hydrogen-bond donors (Lipinski definition) is 4. The standard InChI is InChI=1S/C16H13N7O4/c17-11-7-14-19-20-16(13-5-6-15(27-13)23(25)26)22(14)21-12(11)8-18-9-1-3-10(24)4-2-9/h1-8,18,21,24H,17H2. The molecule has 3 heterocycles. The second-order valence-corrected chi connectivity index (χ2v) is 5.57. The maximum absolute atomic E-state index is 10.8. The number of nitrogens with one attached hydrogen (secondary N) is 2. The van der Waals surface area contributed by atoms with E-state index >= 15 is 0 Å². The Labute approximate surface area is 151 Å². The molecule has 4 rings (SSSR count). The van der Waals surface area contributed by atoms with Crippen LogP contribution in [0.1, 0.15) is 5.82 Å². The highest BCUT2D eigenvalue weighted by atomic mass is 16.6. The zero-order chi connectivity index (χ0) is 19.0. The van der Waals surface area contributed by atoms with Crippen LogP contribution in [0.25, 0.3) is 17.7 Å². The van der Waals surface area contributed by atoms with Gasteiger partial charge in [-0.3, -0.25) is 15.5 Å². The molecular weight excluding hydrogens is 354 g/mol. The Bertz CT molecular complexity index is 1080. The number of aromatic hydroxyl groups is 1. The van der Waals surface area contributed by atoms with E-state index in [4.69, 9.17) is 10.2 Å². The van der Waals surface area contributed by atoms with Gasteiger partial charge in [0.05, 0.1) is 17.5 Å². The Kier molecular flexibility index (Phi) is 3.73. The maximum Gasteiger partial charge on any atom is 0.433 e. The number of anilines is 1. The highest BCUT2D eigenvalue weighted by Crippen LogP contribution is 2.27. The lowest BCUT2D eigenvalue weighted by Crippen LogP contribution is -2.25. The van der Waals surface area contributed by atoms with E-state index in [2.05, 4.69) is 20.9 Å². The summed E-state index contributed by atoms with van der Waals surface area (Å²) in [4.78, 5) is 10.2. The molecule has 2 aromatic heterocycles. The van der Waals surface area contributed by atoms with E-state index in [0.29, 0.717) is 17.2 Å². The molecule has 0 bridgehead atoms. The second-order valence-electron chi connectivity index (χ2n) is 5.57. The topological polar surface area (TPSA) is 157 Å². The van der Waals surface area contributed by atoms with E-state index < -0.39 is 10.8 Å². The number of nitro groups is 1. The Morgan fingerprint density at radius 1 is 1.26 bits per heavy atom. The van der Waals surface area contributed by atoms with Crippen molar-refractivity contribution in [3.05, 3.63) is 69.9 Å². The van der Waals surface area contributed by atoms with Crippen molar-refractivity contribution in [2.24, 2.45) is 5.73 Å². The molecule has 0 radical (unpaired) electrons. The molecule has 0 atom stereocenters. The van der Waals surface area contributed by atoms with E-state index in [9.17, 15) is 15.2 Å². The molecule has 0 spiro atoms. The van der Waals surface area contributed by atoms with Gasteiger partial charge < -0.3 is 20.6 Å². The number of rotatable bonds is 4. The fraction of sp³-hybridized carbons (Fsp3) is 0. The van der Waals surface area contributed by atoms with Crippen molar-refractivity contribution in [2.75, 3.05) is 10.7 Å². The number of nitrogens with two attached hydrogens (primary N) is 1. The van der Waals surface area contributed by atoms with Crippen molar-refractivity contribution in [1.29, 1.82) is 0 Å². The number of phenols is 1. The van der Waals surface area contributed by atoms with Crippen molar-refractivity contribution in [3.8, 4) is 17.3 Å². The number of hydrogen-bond acceptors (Lipinski definition) is 9. The summed E-state index contributed by atoms with van der Waals surface area (Å²) >= 11 is 0. The van der Waals surface area contributed by atoms with Gasteiger partial charge in [-0.25, -0.2) is 4.68 Å². The van der Waals surface area contributed by atoms with Gasteiger partial charge in [0.25, 0.3) is 0 Å². The third-order valence-corrected chi connectivity index (χ3v) is 3.76. The largest absolute Gasteiger partial charge is 0.508 e. The van der Waals surface area contributed by atoms with E-state index in [-0.39, 0.29) is 17.3 Å². The van der Waals surface area contributed by atoms with Crippen LogP contribution in [0.15, 0.2) is 58.4 Å². The van der Waals surface area contributed by atoms with Gasteiger partial charge >= 0.3 is 5.88 Å². The highest BCUT2D eigenvalue weighted by molar-refractivity contribution is 5.63. The SMILES string of the molecule is NC1=Cc2nnc(-c3ccc([N+](=O)[O-])o3)n2NC1=CNc1ccc(O)cc1. The summed E-state index contributed by atoms with van der Waals surface area (Å²) < 4.78 is 6.69. The molecular formula is C16H13N7O4. The Morgan fingerprint density at radius 2 is 2.04 bits per heavy atom. The van der Waals surface area contributed by atoms with E-state index in [1.807, 2.05) is 0 Å². The first-order valence-electron chi connectivity index (χ1n) is 7.71. The summed E-state index contributed by atoms with van der Waals surface area (Å²) in [7, 11) is 0. The van der Waals surface area contributed by atoms with Crippen molar-refractivity contribution in [1.82, 2.24) is 14.9 Å². The van der Waals surface area contributed by atoms with Gasteiger partial charge in [-0.1, -0.05) is 0 Å². The summed E-state index contributed by atoms with van der Waals surface area (Å²) in [6.07, 6.45) is 3.24. The zero-order valence-corrected chi connectivity index (χ0v) is 13.7. The molecule has 0 fully saturated rings. The minimum Gasteiger partial charge on any atom is -0.508 e. The molecule has 0 unspecified atom stereocenters. The lowest BCUT2D eigenvalue weighted by Gasteiger charge is -2.19. The quantitative estimate of drug-likeness (QED) is 0.307. The van der Waals surface area contributed by atoms with Gasteiger partial charge in [0.1, 0.15) is 10.7 Å². The number of benzene rings is 1. The van der Waals surface area contributed by atoms with E-state index in [1.165, 1.54) is 16.8 Å². The molecule has 1 aliphatic rings. The number of phenolic OH excluding ortho intramolecular Hbond substituents is 1. The van der Waals surface area contributed by atoms with Gasteiger partial charge in [-0.15, -0.1) is 10.2 Å².